The molecular weight excluding hydrogens is 265 g/mol. The van der Waals surface area contributed by atoms with Gasteiger partial charge in [-0.2, -0.15) is 0 Å². The Hall–Kier alpha value is -0.640. The van der Waals surface area contributed by atoms with Crippen molar-refractivity contribution in [2.75, 3.05) is 13.7 Å². The molecule has 0 aliphatic rings. The first-order valence-corrected chi connectivity index (χ1v) is 7.22. The monoisotopic (exact) mass is 287 g/mol. The SMILES string of the molecule is CCCC(OCC)C(Cc1cc(F)ccc1Cl)NC. The molecule has 0 aromatic heterocycles. The topological polar surface area (TPSA) is 21.3 Å². The van der Waals surface area contributed by atoms with Gasteiger partial charge in [-0.05, 0) is 50.6 Å². The van der Waals surface area contributed by atoms with E-state index in [0.29, 0.717) is 18.1 Å². The van der Waals surface area contributed by atoms with Crippen LogP contribution in [0.3, 0.4) is 0 Å². The lowest BCUT2D eigenvalue weighted by Crippen LogP contribution is -2.41. The van der Waals surface area contributed by atoms with Crippen molar-refractivity contribution in [2.45, 2.75) is 45.3 Å². The molecule has 1 rings (SSSR count). The first-order chi connectivity index (χ1) is 9.12. The fourth-order valence-electron chi connectivity index (χ4n) is 2.26. The molecule has 0 aliphatic carbocycles. The molecule has 0 aliphatic heterocycles. The smallest absolute Gasteiger partial charge is 0.123 e. The van der Waals surface area contributed by atoms with Gasteiger partial charge in [0, 0.05) is 17.7 Å². The van der Waals surface area contributed by atoms with Crippen LogP contribution in [-0.2, 0) is 11.2 Å². The largest absolute Gasteiger partial charge is 0.377 e. The van der Waals surface area contributed by atoms with Crippen molar-refractivity contribution >= 4 is 11.6 Å². The summed E-state index contributed by atoms with van der Waals surface area (Å²) in [6, 6.07) is 4.63. The lowest BCUT2D eigenvalue weighted by Gasteiger charge is -2.27. The Morgan fingerprint density at radius 3 is 2.68 bits per heavy atom. The zero-order valence-corrected chi connectivity index (χ0v) is 12.6. The summed E-state index contributed by atoms with van der Waals surface area (Å²) >= 11 is 6.12. The number of ether oxygens (including phenoxy) is 1. The van der Waals surface area contributed by atoms with Gasteiger partial charge in [-0.3, -0.25) is 0 Å². The summed E-state index contributed by atoms with van der Waals surface area (Å²) in [4.78, 5) is 0. The van der Waals surface area contributed by atoms with Gasteiger partial charge in [-0.25, -0.2) is 4.39 Å². The molecule has 0 amide bonds. The van der Waals surface area contributed by atoms with E-state index in [-0.39, 0.29) is 18.0 Å². The maximum atomic E-state index is 13.3. The molecule has 0 spiro atoms. The molecule has 0 radical (unpaired) electrons. The van der Waals surface area contributed by atoms with Crippen LogP contribution in [0, 0.1) is 5.82 Å². The van der Waals surface area contributed by atoms with Crippen LogP contribution in [0.4, 0.5) is 4.39 Å². The Kier molecular flexibility index (Phi) is 7.36. The van der Waals surface area contributed by atoms with E-state index < -0.39 is 0 Å². The fourth-order valence-corrected chi connectivity index (χ4v) is 2.45. The first kappa shape index (κ1) is 16.4. The summed E-state index contributed by atoms with van der Waals surface area (Å²) in [5.74, 6) is -0.252. The van der Waals surface area contributed by atoms with E-state index in [4.69, 9.17) is 16.3 Å². The van der Waals surface area contributed by atoms with Gasteiger partial charge in [0.2, 0.25) is 0 Å². The predicted molar refractivity (Wildman–Crippen MR) is 78.3 cm³/mol. The lowest BCUT2D eigenvalue weighted by molar-refractivity contribution is 0.0301. The summed E-state index contributed by atoms with van der Waals surface area (Å²) in [6.45, 7) is 4.80. The summed E-state index contributed by atoms with van der Waals surface area (Å²) in [6.07, 6.45) is 2.82. The van der Waals surface area contributed by atoms with E-state index in [9.17, 15) is 4.39 Å². The molecule has 1 N–H and O–H groups in total. The third-order valence-corrected chi connectivity index (χ3v) is 3.59. The van der Waals surface area contributed by atoms with Crippen molar-refractivity contribution in [1.82, 2.24) is 5.32 Å². The number of hydrogen-bond acceptors (Lipinski definition) is 2. The molecule has 1 aromatic rings. The Balaban J connectivity index is 2.81. The molecule has 0 saturated carbocycles. The van der Waals surface area contributed by atoms with Gasteiger partial charge in [-0.1, -0.05) is 24.9 Å². The number of likely N-dealkylation sites (N-methyl/N-ethyl adjacent to an activating group) is 1. The number of nitrogens with one attached hydrogen (secondary N) is 1. The molecule has 0 heterocycles. The minimum atomic E-state index is -0.252. The van der Waals surface area contributed by atoms with Crippen LogP contribution in [0.2, 0.25) is 5.02 Å². The Bertz CT molecular complexity index is 380. The zero-order chi connectivity index (χ0) is 14.3. The summed E-state index contributed by atoms with van der Waals surface area (Å²) < 4.78 is 19.1. The van der Waals surface area contributed by atoms with Crippen molar-refractivity contribution in [2.24, 2.45) is 0 Å². The standard InChI is InChI=1S/C15H23ClFNO/c1-4-6-15(19-5-2)14(18-3)10-11-9-12(17)7-8-13(11)16/h7-9,14-15,18H,4-6,10H2,1-3H3. The van der Waals surface area contributed by atoms with Gasteiger partial charge in [-0.15, -0.1) is 0 Å². The van der Waals surface area contributed by atoms with Gasteiger partial charge in [0.15, 0.2) is 0 Å². The normalized spacial score (nSPS) is 14.4. The van der Waals surface area contributed by atoms with Gasteiger partial charge in [0.25, 0.3) is 0 Å². The average Bonchev–Trinajstić information content (AvgIpc) is 2.39. The lowest BCUT2D eigenvalue weighted by atomic mass is 9.98. The third kappa shape index (κ3) is 5.09. The van der Waals surface area contributed by atoms with Crippen molar-refractivity contribution in [3.05, 3.63) is 34.6 Å². The van der Waals surface area contributed by atoms with E-state index in [1.807, 2.05) is 14.0 Å². The first-order valence-electron chi connectivity index (χ1n) is 6.85. The predicted octanol–water partition coefficient (Wildman–Crippen LogP) is 3.81. The molecule has 2 nitrogen and oxygen atoms in total. The second kappa shape index (κ2) is 8.51. The second-order valence-electron chi connectivity index (χ2n) is 4.62. The highest BCUT2D eigenvalue weighted by atomic mass is 35.5. The van der Waals surface area contributed by atoms with Crippen molar-refractivity contribution < 1.29 is 9.13 Å². The average molecular weight is 288 g/mol. The highest BCUT2D eigenvalue weighted by Gasteiger charge is 2.21. The van der Waals surface area contributed by atoms with Crippen molar-refractivity contribution in [3.63, 3.8) is 0 Å². The quantitative estimate of drug-likeness (QED) is 0.785. The minimum absolute atomic E-state index is 0.124. The van der Waals surface area contributed by atoms with E-state index >= 15 is 0 Å². The molecule has 2 unspecified atom stereocenters. The third-order valence-electron chi connectivity index (χ3n) is 3.22. The molecule has 0 fully saturated rings. The Labute approximate surface area is 120 Å². The van der Waals surface area contributed by atoms with Crippen LogP contribution in [-0.4, -0.2) is 25.8 Å². The fraction of sp³-hybridized carbons (Fsp3) is 0.600. The van der Waals surface area contributed by atoms with Gasteiger partial charge in [0.05, 0.1) is 6.10 Å². The van der Waals surface area contributed by atoms with E-state index in [0.717, 1.165) is 18.4 Å². The highest BCUT2D eigenvalue weighted by molar-refractivity contribution is 6.31. The van der Waals surface area contributed by atoms with E-state index in [1.54, 1.807) is 6.07 Å². The van der Waals surface area contributed by atoms with E-state index in [2.05, 4.69) is 12.2 Å². The van der Waals surface area contributed by atoms with Crippen molar-refractivity contribution in [1.29, 1.82) is 0 Å². The minimum Gasteiger partial charge on any atom is -0.377 e. The highest BCUT2D eigenvalue weighted by Crippen LogP contribution is 2.21. The van der Waals surface area contributed by atoms with Gasteiger partial charge < -0.3 is 10.1 Å². The molecular formula is C15H23ClFNO. The maximum absolute atomic E-state index is 13.3. The molecule has 108 valence electrons. The van der Waals surface area contributed by atoms with E-state index in [1.165, 1.54) is 12.1 Å². The van der Waals surface area contributed by atoms with Crippen LogP contribution in [0.5, 0.6) is 0 Å². The summed E-state index contributed by atoms with van der Waals surface area (Å²) in [5.41, 5.74) is 0.821. The molecule has 0 saturated heterocycles. The molecule has 4 heteroatoms. The number of halogens is 2. The van der Waals surface area contributed by atoms with Crippen molar-refractivity contribution in [3.8, 4) is 0 Å². The zero-order valence-electron chi connectivity index (χ0n) is 11.9. The Morgan fingerprint density at radius 1 is 1.37 bits per heavy atom. The van der Waals surface area contributed by atoms with Crippen LogP contribution in [0.25, 0.3) is 0 Å². The number of hydrogen-bond donors (Lipinski definition) is 1. The molecule has 2 atom stereocenters. The van der Waals surface area contributed by atoms with Gasteiger partial charge >= 0.3 is 0 Å². The Morgan fingerprint density at radius 2 is 2.11 bits per heavy atom. The molecule has 19 heavy (non-hydrogen) atoms. The van der Waals surface area contributed by atoms with Crippen LogP contribution in [0.15, 0.2) is 18.2 Å². The second-order valence-corrected chi connectivity index (χ2v) is 5.02. The molecule has 1 aromatic carbocycles. The number of benzene rings is 1. The maximum Gasteiger partial charge on any atom is 0.123 e. The summed E-state index contributed by atoms with van der Waals surface area (Å²) in [7, 11) is 1.90. The van der Waals surface area contributed by atoms with Crippen LogP contribution >= 0.6 is 11.6 Å². The summed E-state index contributed by atoms with van der Waals surface area (Å²) in [5, 5.41) is 3.87. The number of rotatable bonds is 8. The van der Waals surface area contributed by atoms with Crippen LogP contribution < -0.4 is 5.32 Å². The van der Waals surface area contributed by atoms with Crippen LogP contribution in [0.1, 0.15) is 32.3 Å². The molecule has 0 bridgehead atoms. The van der Waals surface area contributed by atoms with Gasteiger partial charge in [0.1, 0.15) is 5.82 Å².